The van der Waals surface area contributed by atoms with Crippen molar-refractivity contribution in [2.24, 2.45) is 16.7 Å². The summed E-state index contributed by atoms with van der Waals surface area (Å²) >= 11 is 0. The molecule has 43 heavy (non-hydrogen) atoms. The zero-order valence-corrected chi connectivity index (χ0v) is 26.8. The molecule has 2 aromatic rings. The van der Waals surface area contributed by atoms with Crippen LogP contribution in [0.25, 0.3) is 11.3 Å². The van der Waals surface area contributed by atoms with Crippen molar-refractivity contribution < 1.29 is 29.0 Å². The number of fused-ring (bicyclic) bond motifs is 1. The second-order valence-electron chi connectivity index (χ2n) is 14.3. The zero-order chi connectivity index (χ0) is 31.6. The molecule has 1 N–H and O–H groups in total. The fraction of sp³-hybridized carbons (Fsp3) is 0.543. The smallest absolute Gasteiger partial charge is 0.354 e. The van der Waals surface area contributed by atoms with Gasteiger partial charge in [0.05, 0.1) is 18.7 Å². The molecule has 0 spiro atoms. The summed E-state index contributed by atoms with van der Waals surface area (Å²) < 4.78 is 12.7. The van der Waals surface area contributed by atoms with Crippen LogP contribution in [0.3, 0.4) is 0 Å². The molecule has 2 aliphatic heterocycles. The van der Waals surface area contributed by atoms with Gasteiger partial charge in [-0.15, -0.1) is 0 Å². The molecule has 1 fully saturated rings. The van der Waals surface area contributed by atoms with Crippen LogP contribution in [0.1, 0.15) is 93.9 Å². The number of piperidine rings is 1. The first kappa shape index (κ1) is 30.8. The largest absolute Gasteiger partial charge is 0.496 e. The molecule has 3 aliphatic rings. The first-order valence-electron chi connectivity index (χ1n) is 15.2. The van der Waals surface area contributed by atoms with Crippen LogP contribution in [0.4, 0.5) is 0 Å². The Balaban J connectivity index is 1.78. The molecule has 4 atom stereocenters. The first-order valence-corrected chi connectivity index (χ1v) is 15.2. The van der Waals surface area contributed by atoms with E-state index in [1.807, 2.05) is 43.9 Å². The third-order valence-electron chi connectivity index (χ3n) is 9.45. The number of pyridine rings is 1. The number of aromatic nitrogens is 1. The molecule has 0 unspecified atom stereocenters. The molecule has 0 radical (unpaired) electrons. The highest BCUT2D eigenvalue weighted by molar-refractivity contribution is 6.01. The van der Waals surface area contributed by atoms with Gasteiger partial charge in [0.2, 0.25) is 5.91 Å². The summed E-state index contributed by atoms with van der Waals surface area (Å²) in [5, 5.41) is 9.69. The summed E-state index contributed by atoms with van der Waals surface area (Å²) in [4.78, 5) is 46.9. The molecular formula is C35H44N2O6. The molecule has 8 heteroatoms. The zero-order valence-electron chi connectivity index (χ0n) is 26.8. The lowest BCUT2D eigenvalue weighted by atomic mass is 9.63. The summed E-state index contributed by atoms with van der Waals surface area (Å²) in [6, 6.07) is 7.10. The number of hydrogen-bond donors (Lipinski definition) is 1. The normalized spacial score (nSPS) is 25.2. The average Bonchev–Trinajstić information content (AvgIpc) is 2.90. The van der Waals surface area contributed by atoms with Crippen LogP contribution < -0.4 is 4.74 Å². The number of methoxy groups -OCH3 is 1. The Morgan fingerprint density at radius 1 is 1.16 bits per heavy atom. The Hall–Kier alpha value is -3.68. The number of carbonyl (C=O) groups excluding carboxylic acids is 2. The maximum atomic E-state index is 14.6. The Labute approximate surface area is 254 Å². The number of nitrogens with zero attached hydrogens (tertiary/aromatic N) is 2. The lowest BCUT2D eigenvalue weighted by Crippen LogP contribution is -2.61. The number of allylic oxidation sites excluding steroid dienone is 2. The number of benzene rings is 1. The second kappa shape index (κ2) is 10.8. The number of carboxylic acid groups (broad SMARTS) is 1. The van der Waals surface area contributed by atoms with Crippen molar-refractivity contribution in [1.29, 1.82) is 0 Å². The number of carboxylic acids is 1. The van der Waals surface area contributed by atoms with E-state index < -0.39 is 23.9 Å². The maximum absolute atomic E-state index is 14.6. The quantitative estimate of drug-likeness (QED) is 0.426. The fourth-order valence-electron chi connectivity index (χ4n) is 7.55. The van der Waals surface area contributed by atoms with Gasteiger partial charge in [-0.05, 0) is 67.0 Å². The summed E-state index contributed by atoms with van der Waals surface area (Å²) in [6.07, 6.45) is 1.25. The third kappa shape index (κ3) is 5.34. The van der Waals surface area contributed by atoms with Gasteiger partial charge < -0.3 is 19.5 Å². The van der Waals surface area contributed by atoms with Crippen molar-refractivity contribution in [3.8, 4) is 17.0 Å². The van der Waals surface area contributed by atoms with Gasteiger partial charge in [0.1, 0.15) is 23.3 Å². The molecule has 1 aromatic carbocycles. The summed E-state index contributed by atoms with van der Waals surface area (Å²) in [5.41, 5.74) is 3.71. The monoisotopic (exact) mass is 588 g/mol. The average molecular weight is 589 g/mol. The highest BCUT2D eigenvalue weighted by Gasteiger charge is 2.56. The lowest BCUT2D eigenvalue weighted by Gasteiger charge is -2.53. The Kier molecular flexibility index (Phi) is 7.72. The molecular weight excluding hydrogens is 544 g/mol. The van der Waals surface area contributed by atoms with E-state index in [2.05, 4.69) is 39.6 Å². The van der Waals surface area contributed by atoms with Crippen LogP contribution >= 0.6 is 0 Å². The highest BCUT2D eigenvalue weighted by Crippen LogP contribution is 2.55. The van der Waals surface area contributed by atoms with Gasteiger partial charge in [-0.25, -0.2) is 9.78 Å². The SMILES string of the molecule is CCN1C(=O)[C@H]2[C@H](C[C@H]1C(C)(C)C)OC1=C(C(=O)CC(C)(C)C1)[C@@H]2c1c(OC)ccc(-c2cc(C)cc(C(=O)O)n2)c1C. The maximum Gasteiger partial charge on any atom is 0.354 e. The number of likely N-dealkylation sites (tertiary alicyclic amines) is 1. The molecule has 5 rings (SSSR count). The predicted octanol–water partition coefficient (Wildman–Crippen LogP) is 6.48. The standard InChI is InChI=1S/C35H44N2O6/c1-10-37-27(34(4,5)6)15-25-30(32(37)39)31(29-23(38)16-35(7,8)17-26(29)43-25)28-19(3)20(11-12-24(28)42-9)21-13-18(2)14-22(36-21)33(40)41/h11-14,25,27,30-31H,10,15-17H2,1-9H3,(H,40,41)/t25-,27-,30-,31-/m0/s1. The molecule has 1 aromatic heterocycles. The summed E-state index contributed by atoms with van der Waals surface area (Å²) in [7, 11) is 1.60. The number of ether oxygens (including phenoxy) is 2. The van der Waals surface area contributed by atoms with Crippen LogP contribution in [0.2, 0.25) is 0 Å². The number of aryl methyl sites for hydroxylation is 1. The summed E-state index contributed by atoms with van der Waals surface area (Å²) in [5.74, 6) is -1.03. The van der Waals surface area contributed by atoms with Crippen LogP contribution in [-0.4, -0.2) is 58.5 Å². The van der Waals surface area contributed by atoms with Gasteiger partial charge in [-0.3, -0.25) is 9.59 Å². The molecule has 8 nitrogen and oxygen atoms in total. The van der Waals surface area contributed by atoms with E-state index in [0.717, 1.165) is 22.3 Å². The molecule has 1 aliphatic carbocycles. The Morgan fingerprint density at radius 3 is 2.47 bits per heavy atom. The number of carbonyl (C=O) groups is 3. The van der Waals surface area contributed by atoms with Crippen LogP contribution in [-0.2, 0) is 14.3 Å². The van der Waals surface area contributed by atoms with Crippen LogP contribution in [0.5, 0.6) is 5.75 Å². The van der Waals surface area contributed by atoms with Gasteiger partial charge in [0.25, 0.3) is 0 Å². The van der Waals surface area contributed by atoms with Crippen molar-refractivity contribution in [2.75, 3.05) is 13.7 Å². The number of rotatable bonds is 5. The van der Waals surface area contributed by atoms with Gasteiger partial charge in [-0.2, -0.15) is 0 Å². The second-order valence-corrected chi connectivity index (χ2v) is 14.3. The van der Waals surface area contributed by atoms with Gasteiger partial charge in [0, 0.05) is 54.5 Å². The Bertz CT molecular complexity index is 1530. The fourth-order valence-corrected chi connectivity index (χ4v) is 7.55. The lowest BCUT2D eigenvalue weighted by molar-refractivity contribution is -0.159. The van der Waals surface area contributed by atoms with Crippen molar-refractivity contribution in [3.05, 3.63) is 58.0 Å². The number of aromatic carboxylic acids is 1. The third-order valence-corrected chi connectivity index (χ3v) is 9.45. The highest BCUT2D eigenvalue weighted by atomic mass is 16.5. The van der Waals surface area contributed by atoms with E-state index in [9.17, 15) is 19.5 Å². The van der Waals surface area contributed by atoms with E-state index in [1.54, 1.807) is 13.2 Å². The van der Waals surface area contributed by atoms with Crippen molar-refractivity contribution >= 4 is 17.7 Å². The van der Waals surface area contributed by atoms with E-state index in [0.29, 0.717) is 48.6 Å². The molecule has 0 saturated carbocycles. The van der Waals surface area contributed by atoms with Crippen LogP contribution in [0.15, 0.2) is 35.6 Å². The molecule has 230 valence electrons. The van der Waals surface area contributed by atoms with Gasteiger partial charge >= 0.3 is 5.97 Å². The number of Topliss-reactive ketones (excluding diaryl/α,β-unsaturated/α-hetero) is 1. The van der Waals surface area contributed by atoms with Crippen molar-refractivity contribution in [2.45, 2.75) is 92.7 Å². The summed E-state index contributed by atoms with van der Waals surface area (Å²) in [6.45, 7) is 17.0. The minimum absolute atomic E-state index is 0.00260. The number of hydrogen-bond acceptors (Lipinski definition) is 6. The van der Waals surface area contributed by atoms with E-state index in [-0.39, 0.29) is 34.3 Å². The van der Waals surface area contributed by atoms with Crippen molar-refractivity contribution in [3.63, 3.8) is 0 Å². The minimum Gasteiger partial charge on any atom is -0.496 e. The van der Waals surface area contributed by atoms with Crippen LogP contribution in [0, 0.1) is 30.6 Å². The molecule has 3 heterocycles. The van der Waals surface area contributed by atoms with Crippen molar-refractivity contribution in [1.82, 2.24) is 9.88 Å². The van der Waals surface area contributed by atoms with E-state index in [1.165, 1.54) is 0 Å². The topological polar surface area (TPSA) is 106 Å². The predicted molar refractivity (Wildman–Crippen MR) is 164 cm³/mol. The number of amides is 1. The minimum atomic E-state index is -1.10. The first-order chi connectivity index (χ1) is 20.1. The van der Waals surface area contributed by atoms with Gasteiger partial charge in [0.15, 0.2) is 5.78 Å². The van der Waals surface area contributed by atoms with E-state index >= 15 is 0 Å². The van der Waals surface area contributed by atoms with E-state index in [4.69, 9.17) is 9.47 Å². The molecule has 1 saturated heterocycles. The molecule has 0 bridgehead atoms. The molecule has 1 amide bonds. The number of ketones is 1. The van der Waals surface area contributed by atoms with Gasteiger partial charge in [-0.1, -0.05) is 34.6 Å². The Morgan fingerprint density at radius 2 is 1.86 bits per heavy atom.